The molecule has 0 aromatic heterocycles. The molecule has 3 nitrogen and oxygen atoms in total. The normalized spacial score (nSPS) is 12.9. The van der Waals surface area contributed by atoms with Gasteiger partial charge in [-0.15, -0.1) is 0 Å². The van der Waals surface area contributed by atoms with Crippen LogP contribution in [0.3, 0.4) is 0 Å². The SMILES string of the molecule is CCCN.NCCNCc1cc(C2=CCCC=C2)cc(-c2ccccc2)c1. The minimum atomic E-state index is 0.666. The summed E-state index contributed by atoms with van der Waals surface area (Å²) in [5.41, 5.74) is 17.1. The summed E-state index contributed by atoms with van der Waals surface area (Å²) in [6, 6.07) is 17.4. The lowest BCUT2D eigenvalue weighted by Gasteiger charge is -2.13. The van der Waals surface area contributed by atoms with Gasteiger partial charge in [0.15, 0.2) is 0 Å². The van der Waals surface area contributed by atoms with E-state index in [0.29, 0.717) is 6.54 Å². The second kappa shape index (κ2) is 12.2. The van der Waals surface area contributed by atoms with E-state index < -0.39 is 0 Å². The van der Waals surface area contributed by atoms with Crippen LogP contribution in [0.15, 0.2) is 66.8 Å². The van der Waals surface area contributed by atoms with Crippen molar-refractivity contribution in [2.75, 3.05) is 19.6 Å². The van der Waals surface area contributed by atoms with Crippen LogP contribution in [0, 0.1) is 0 Å². The lowest BCUT2D eigenvalue weighted by atomic mass is 9.93. The second-order valence-corrected chi connectivity index (χ2v) is 6.68. The number of benzene rings is 2. The fourth-order valence-corrected chi connectivity index (χ4v) is 2.92. The number of allylic oxidation sites excluding steroid dienone is 4. The smallest absolute Gasteiger partial charge is 0.0206 e. The fraction of sp³-hybridized carbons (Fsp3) is 0.333. The number of nitrogens with one attached hydrogen (secondary N) is 1. The standard InChI is InChI=1S/C21H24N2.C3H9N/c22-11-12-23-16-17-13-20(18-7-3-1-4-8-18)15-21(14-17)19-9-5-2-6-10-19;1-2-3-4/h1,3-5,7-10,13-15,23H,2,6,11-12,16,22H2;2-4H2,1H3. The molecule has 0 aliphatic heterocycles. The highest BCUT2D eigenvalue weighted by Crippen LogP contribution is 2.28. The molecular formula is C24H33N3. The Bertz CT molecular complexity index is 731. The van der Waals surface area contributed by atoms with Gasteiger partial charge in [-0.1, -0.05) is 55.5 Å². The third-order valence-electron chi connectivity index (χ3n) is 4.37. The Morgan fingerprint density at radius 2 is 1.63 bits per heavy atom. The molecule has 2 aromatic carbocycles. The Hall–Kier alpha value is -2.20. The predicted molar refractivity (Wildman–Crippen MR) is 118 cm³/mol. The van der Waals surface area contributed by atoms with E-state index in [-0.39, 0.29) is 0 Å². The maximum atomic E-state index is 5.58. The van der Waals surface area contributed by atoms with Gasteiger partial charge < -0.3 is 16.8 Å². The van der Waals surface area contributed by atoms with Crippen LogP contribution in [0.1, 0.15) is 37.3 Å². The van der Waals surface area contributed by atoms with Crippen LogP contribution in [-0.4, -0.2) is 19.6 Å². The quantitative estimate of drug-likeness (QED) is 0.635. The Balaban J connectivity index is 0.000000596. The Morgan fingerprint density at radius 1 is 0.889 bits per heavy atom. The maximum absolute atomic E-state index is 5.58. The van der Waals surface area contributed by atoms with Crippen LogP contribution in [-0.2, 0) is 6.54 Å². The molecule has 0 saturated carbocycles. The molecule has 144 valence electrons. The lowest BCUT2D eigenvalue weighted by molar-refractivity contribution is 0.695. The average molecular weight is 364 g/mol. The van der Waals surface area contributed by atoms with Crippen LogP contribution >= 0.6 is 0 Å². The molecule has 1 aliphatic rings. The van der Waals surface area contributed by atoms with Crippen LogP contribution in [0.25, 0.3) is 16.7 Å². The van der Waals surface area contributed by atoms with Gasteiger partial charge in [-0.2, -0.15) is 0 Å². The highest BCUT2D eigenvalue weighted by molar-refractivity contribution is 5.79. The van der Waals surface area contributed by atoms with Crippen molar-refractivity contribution < 1.29 is 0 Å². The maximum Gasteiger partial charge on any atom is 0.0206 e. The number of nitrogens with two attached hydrogens (primary N) is 2. The lowest BCUT2D eigenvalue weighted by Crippen LogP contribution is -2.21. The molecule has 2 aromatic rings. The molecule has 0 amide bonds. The van der Waals surface area contributed by atoms with E-state index in [1.54, 1.807) is 0 Å². The monoisotopic (exact) mass is 363 g/mol. The number of hydrogen-bond donors (Lipinski definition) is 3. The summed E-state index contributed by atoms with van der Waals surface area (Å²) in [5, 5.41) is 3.40. The molecule has 0 bridgehead atoms. The summed E-state index contributed by atoms with van der Waals surface area (Å²) in [6.45, 7) is 5.23. The molecular weight excluding hydrogens is 330 g/mol. The van der Waals surface area contributed by atoms with Crippen molar-refractivity contribution in [3.63, 3.8) is 0 Å². The molecule has 0 unspecified atom stereocenters. The first kappa shape index (κ1) is 21.1. The zero-order valence-corrected chi connectivity index (χ0v) is 16.5. The number of hydrogen-bond acceptors (Lipinski definition) is 3. The molecule has 0 saturated heterocycles. The summed E-state index contributed by atoms with van der Waals surface area (Å²) < 4.78 is 0. The van der Waals surface area contributed by atoms with Crippen LogP contribution in [0.2, 0.25) is 0 Å². The third kappa shape index (κ3) is 7.14. The van der Waals surface area contributed by atoms with Crippen molar-refractivity contribution in [1.29, 1.82) is 0 Å². The molecule has 0 spiro atoms. The molecule has 0 heterocycles. The van der Waals surface area contributed by atoms with Gasteiger partial charge in [-0.25, -0.2) is 0 Å². The summed E-state index contributed by atoms with van der Waals surface area (Å²) in [6.07, 6.45) is 10.2. The second-order valence-electron chi connectivity index (χ2n) is 6.68. The molecule has 3 rings (SSSR count). The average Bonchev–Trinajstić information content (AvgIpc) is 2.75. The highest BCUT2D eigenvalue weighted by atomic mass is 14.9. The van der Waals surface area contributed by atoms with Crippen molar-refractivity contribution in [3.8, 4) is 11.1 Å². The Labute approximate surface area is 164 Å². The number of rotatable bonds is 7. The van der Waals surface area contributed by atoms with Crippen LogP contribution in [0.4, 0.5) is 0 Å². The van der Waals surface area contributed by atoms with Gasteiger partial charge in [0.1, 0.15) is 0 Å². The van der Waals surface area contributed by atoms with Gasteiger partial charge in [0.05, 0.1) is 0 Å². The van der Waals surface area contributed by atoms with Gasteiger partial charge in [0.25, 0.3) is 0 Å². The van der Waals surface area contributed by atoms with E-state index in [0.717, 1.165) is 38.9 Å². The first-order valence-corrected chi connectivity index (χ1v) is 9.95. The highest BCUT2D eigenvalue weighted by Gasteiger charge is 2.07. The van der Waals surface area contributed by atoms with Gasteiger partial charge >= 0.3 is 0 Å². The summed E-state index contributed by atoms with van der Waals surface area (Å²) in [5.74, 6) is 0. The fourth-order valence-electron chi connectivity index (χ4n) is 2.92. The van der Waals surface area contributed by atoms with Crippen molar-refractivity contribution in [1.82, 2.24) is 5.32 Å². The third-order valence-corrected chi connectivity index (χ3v) is 4.37. The molecule has 0 radical (unpaired) electrons. The van der Waals surface area contributed by atoms with Gasteiger partial charge in [-0.3, -0.25) is 0 Å². The summed E-state index contributed by atoms with van der Waals surface area (Å²) in [4.78, 5) is 0. The predicted octanol–water partition coefficient (Wildman–Crippen LogP) is 4.49. The van der Waals surface area contributed by atoms with E-state index >= 15 is 0 Å². The molecule has 5 N–H and O–H groups in total. The Morgan fingerprint density at radius 3 is 2.26 bits per heavy atom. The van der Waals surface area contributed by atoms with Gasteiger partial charge in [0.2, 0.25) is 0 Å². The van der Waals surface area contributed by atoms with E-state index in [1.807, 2.05) is 0 Å². The van der Waals surface area contributed by atoms with Crippen molar-refractivity contribution in [2.45, 2.75) is 32.7 Å². The minimum absolute atomic E-state index is 0.666. The zero-order valence-electron chi connectivity index (χ0n) is 16.5. The van der Waals surface area contributed by atoms with Crippen molar-refractivity contribution in [3.05, 3.63) is 77.9 Å². The topological polar surface area (TPSA) is 64.1 Å². The van der Waals surface area contributed by atoms with Crippen molar-refractivity contribution in [2.24, 2.45) is 11.5 Å². The van der Waals surface area contributed by atoms with E-state index in [4.69, 9.17) is 11.5 Å². The molecule has 27 heavy (non-hydrogen) atoms. The molecule has 1 aliphatic carbocycles. The minimum Gasteiger partial charge on any atom is -0.330 e. The first-order chi connectivity index (χ1) is 13.3. The zero-order chi connectivity index (χ0) is 19.3. The molecule has 0 fully saturated rings. The molecule has 3 heteroatoms. The largest absolute Gasteiger partial charge is 0.330 e. The van der Waals surface area contributed by atoms with Gasteiger partial charge in [-0.05, 0) is 71.8 Å². The van der Waals surface area contributed by atoms with Gasteiger partial charge in [0, 0.05) is 19.6 Å². The van der Waals surface area contributed by atoms with Crippen LogP contribution in [0.5, 0.6) is 0 Å². The molecule has 0 atom stereocenters. The first-order valence-electron chi connectivity index (χ1n) is 9.95. The van der Waals surface area contributed by atoms with Crippen LogP contribution < -0.4 is 16.8 Å². The van der Waals surface area contributed by atoms with E-state index in [1.165, 1.54) is 27.8 Å². The van der Waals surface area contributed by atoms with E-state index in [9.17, 15) is 0 Å². The van der Waals surface area contributed by atoms with Crippen molar-refractivity contribution >= 4 is 5.57 Å². The Kier molecular flexibility index (Phi) is 9.56. The summed E-state index contributed by atoms with van der Waals surface area (Å²) >= 11 is 0. The van der Waals surface area contributed by atoms with E-state index in [2.05, 4.69) is 79.0 Å². The summed E-state index contributed by atoms with van der Waals surface area (Å²) in [7, 11) is 0.